The summed E-state index contributed by atoms with van der Waals surface area (Å²) in [5, 5.41) is 9.40. The molecule has 2 aromatic heterocycles. The quantitative estimate of drug-likeness (QED) is 0.779. The summed E-state index contributed by atoms with van der Waals surface area (Å²) in [6.07, 6.45) is 1.70. The van der Waals surface area contributed by atoms with Crippen LogP contribution in [-0.4, -0.2) is 9.97 Å². The number of benzene rings is 1. The molecule has 0 saturated heterocycles. The molecule has 0 aliphatic rings. The minimum atomic E-state index is 0.226. The Kier molecular flexibility index (Phi) is 3.78. The summed E-state index contributed by atoms with van der Waals surface area (Å²) in [6.45, 7) is 4.13. The van der Waals surface area contributed by atoms with Crippen molar-refractivity contribution >= 4 is 5.82 Å². The third-order valence-corrected chi connectivity index (χ3v) is 3.90. The van der Waals surface area contributed by atoms with Gasteiger partial charge in [-0.25, -0.2) is 4.98 Å². The molecule has 0 atom stereocenters. The van der Waals surface area contributed by atoms with Gasteiger partial charge in [0.05, 0.1) is 11.4 Å². The summed E-state index contributed by atoms with van der Waals surface area (Å²) in [5.41, 5.74) is 11.9. The first kappa shape index (κ1) is 14.7. The fraction of sp³-hybridized carbons (Fsp3) is 0.105. The zero-order valence-electron chi connectivity index (χ0n) is 13.0. The van der Waals surface area contributed by atoms with Gasteiger partial charge in [-0.15, -0.1) is 0 Å². The minimum absolute atomic E-state index is 0.226. The normalized spacial score (nSPS) is 10.3. The number of nitriles is 1. The van der Waals surface area contributed by atoms with Crippen LogP contribution in [0.2, 0.25) is 0 Å². The van der Waals surface area contributed by atoms with Crippen LogP contribution in [0.4, 0.5) is 5.82 Å². The summed E-state index contributed by atoms with van der Waals surface area (Å²) in [4.78, 5) is 8.73. The van der Waals surface area contributed by atoms with Crippen LogP contribution in [-0.2, 0) is 0 Å². The van der Waals surface area contributed by atoms with Gasteiger partial charge in [-0.05, 0) is 49.2 Å². The van der Waals surface area contributed by atoms with Gasteiger partial charge >= 0.3 is 0 Å². The molecule has 0 radical (unpaired) electrons. The van der Waals surface area contributed by atoms with Crippen LogP contribution in [0.3, 0.4) is 0 Å². The summed E-state index contributed by atoms with van der Waals surface area (Å²) < 4.78 is 0. The van der Waals surface area contributed by atoms with Crippen molar-refractivity contribution in [2.24, 2.45) is 0 Å². The number of pyridine rings is 2. The molecular weight excluding hydrogens is 284 g/mol. The van der Waals surface area contributed by atoms with Gasteiger partial charge in [0, 0.05) is 17.3 Å². The summed E-state index contributed by atoms with van der Waals surface area (Å²) in [7, 11) is 0. The van der Waals surface area contributed by atoms with Crippen LogP contribution in [0.25, 0.3) is 22.5 Å². The van der Waals surface area contributed by atoms with Gasteiger partial charge in [0.2, 0.25) is 0 Å². The van der Waals surface area contributed by atoms with Crippen LogP contribution < -0.4 is 5.73 Å². The van der Waals surface area contributed by atoms with E-state index in [2.05, 4.69) is 42.0 Å². The predicted molar refractivity (Wildman–Crippen MR) is 91.5 cm³/mol. The van der Waals surface area contributed by atoms with Crippen molar-refractivity contribution in [1.29, 1.82) is 5.26 Å². The van der Waals surface area contributed by atoms with Gasteiger partial charge in [0.15, 0.2) is 0 Å². The maximum absolute atomic E-state index is 9.40. The Balaban J connectivity index is 2.23. The number of aromatic nitrogens is 2. The fourth-order valence-electron chi connectivity index (χ4n) is 2.46. The van der Waals surface area contributed by atoms with Crippen LogP contribution in [0.1, 0.15) is 16.7 Å². The Bertz CT molecular complexity index is 909. The minimum Gasteiger partial charge on any atom is -0.383 e. The van der Waals surface area contributed by atoms with E-state index >= 15 is 0 Å². The van der Waals surface area contributed by atoms with Crippen molar-refractivity contribution in [2.45, 2.75) is 13.8 Å². The lowest BCUT2D eigenvalue weighted by molar-refractivity contribution is 1.26. The maximum Gasteiger partial charge on any atom is 0.142 e. The predicted octanol–water partition coefficient (Wildman–Crippen LogP) is 3.88. The van der Waals surface area contributed by atoms with Gasteiger partial charge in [-0.2, -0.15) is 5.26 Å². The van der Waals surface area contributed by atoms with Gasteiger partial charge in [-0.1, -0.05) is 18.2 Å². The van der Waals surface area contributed by atoms with Gasteiger partial charge in [0.1, 0.15) is 17.5 Å². The van der Waals surface area contributed by atoms with E-state index in [0.717, 1.165) is 11.3 Å². The standard InChI is InChI=1S/C19H16N4/c1-12-6-7-14(9-13(12)2)18-10-15(16(11-20)19(21)23-18)17-5-3-4-8-22-17/h3-10H,1-2H3,(H2,21,23). The summed E-state index contributed by atoms with van der Waals surface area (Å²) in [6, 6.07) is 15.7. The van der Waals surface area contributed by atoms with E-state index < -0.39 is 0 Å². The molecular formula is C19H16N4. The van der Waals surface area contributed by atoms with Crippen molar-refractivity contribution in [1.82, 2.24) is 9.97 Å². The van der Waals surface area contributed by atoms with Crippen LogP contribution >= 0.6 is 0 Å². The monoisotopic (exact) mass is 300 g/mol. The molecule has 0 bridgehead atoms. The third-order valence-electron chi connectivity index (χ3n) is 3.90. The first-order valence-electron chi connectivity index (χ1n) is 7.30. The summed E-state index contributed by atoms with van der Waals surface area (Å²) >= 11 is 0. The molecule has 0 saturated carbocycles. The highest BCUT2D eigenvalue weighted by Gasteiger charge is 2.14. The Morgan fingerprint density at radius 1 is 1.00 bits per heavy atom. The zero-order chi connectivity index (χ0) is 16.4. The first-order chi connectivity index (χ1) is 11.1. The molecule has 2 N–H and O–H groups in total. The van der Waals surface area contributed by atoms with E-state index in [-0.39, 0.29) is 5.82 Å². The van der Waals surface area contributed by atoms with Crippen molar-refractivity contribution in [3.63, 3.8) is 0 Å². The number of anilines is 1. The number of aryl methyl sites for hydroxylation is 2. The molecule has 0 unspecified atom stereocenters. The molecule has 1 aromatic carbocycles. The maximum atomic E-state index is 9.40. The van der Waals surface area contributed by atoms with Crippen molar-refractivity contribution in [2.75, 3.05) is 5.73 Å². The number of nitrogens with two attached hydrogens (primary N) is 1. The van der Waals surface area contributed by atoms with Crippen molar-refractivity contribution in [3.05, 3.63) is 65.4 Å². The fourth-order valence-corrected chi connectivity index (χ4v) is 2.46. The molecule has 0 spiro atoms. The van der Waals surface area contributed by atoms with E-state index in [1.807, 2.05) is 30.3 Å². The second-order valence-corrected chi connectivity index (χ2v) is 5.44. The molecule has 0 amide bonds. The molecule has 3 aromatic rings. The Hall–Kier alpha value is -3.19. The second kappa shape index (κ2) is 5.90. The number of rotatable bonds is 2. The van der Waals surface area contributed by atoms with Gasteiger partial charge in [0.25, 0.3) is 0 Å². The highest BCUT2D eigenvalue weighted by Crippen LogP contribution is 2.30. The molecule has 4 nitrogen and oxygen atoms in total. The molecule has 3 rings (SSSR count). The van der Waals surface area contributed by atoms with Crippen LogP contribution in [0, 0.1) is 25.2 Å². The van der Waals surface area contributed by atoms with E-state index in [0.29, 0.717) is 16.8 Å². The van der Waals surface area contributed by atoms with Crippen LogP contribution in [0.15, 0.2) is 48.7 Å². The molecule has 0 aliphatic carbocycles. The molecule has 112 valence electrons. The molecule has 0 fully saturated rings. The molecule has 0 aliphatic heterocycles. The third kappa shape index (κ3) is 2.77. The first-order valence-corrected chi connectivity index (χ1v) is 7.30. The Morgan fingerprint density at radius 2 is 1.83 bits per heavy atom. The Morgan fingerprint density at radius 3 is 2.48 bits per heavy atom. The van der Waals surface area contributed by atoms with E-state index in [4.69, 9.17) is 5.73 Å². The lowest BCUT2D eigenvalue weighted by Crippen LogP contribution is -2.00. The molecule has 2 heterocycles. The molecule has 4 heteroatoms. The zero-order valence-corrected chi connectivity index (χ0v) is 13.0. The van der Waals surface area contributed by atoms with Crippen molar-refractivity contribution < 1.29 is 0 Å². The average molecular weight is 300 g/mol. The smallest absolute Gasteiger partial charge is 0.142 e. The number of hydrogen-bond donors (Lipinski definition) is 1. The number of nitrogens with zero attached hydrogens (tertiary/aromatic N) is 3. The lowest BCUT2D eigenvalue weighted by Gasteiger charge is -2.10. The van der Waals surface area contributed by atoms with Crippen LogP contribution in [0.5, 0.6) is 0 Å². The van der Waals surface area contributed by atoms with Crippen molar-refractivity contribution in [3.8, 4) is 28.6 Å². The number of nitrogen functional groups attached to an aromatic ring is 1. The summed E-state index contributed by atoms with van der Waals surface area (Å²) in [5.74, 6) is 0.226. The SMILES string of the molecule is Cc1ccc(-c2cc(-c3ccccn3)c(C#N)c(N)n2)cc1C. The average Bonchev–Trinajstić information content (AvgIpc) is 2.57. The van der Waals surface area contributed by atoms with E-state index in [1.165, 1.54) is 11.1 Å². The van der Waals surface area contributed by atoms with Gasteiger partial charge < -0.3 is 5.73 Å². The number of hydrogen-bond acceptors (Lipinski definition) is 4. The van der Waals surface area contributed by atoms with Gasteiger partial charge in [-0.3, -0.25) is 4.98 Å². The Labute approximate surface area is 135 Å². The van der Waals surface area contributed by atoms with E-state index in [1.54, 1.807) is 6.20 Å². The largest absolute Gasteiger partial charge is 0.383 e. The highest BCUT2D eigenvalue weighted by molar-refractivity contribution is 5.78. The topological polar surface area (TPSA) is 75.6 Å². The second-order valence-electron chi connectivity index (χ2n) is 5.44. The molecule has 23 heavy (non-hydrogen) atoms. The van der Waals surface area contributed by atoms with E-state index in [9.17, 15) is 5.26 Å². The highest BCUT2D eigenvalue weighted by atomic mass is 14.9. The lowest BCUT2D eigenvalue weighted by atomic mass is 9.99.